The SMILES string of the molecule is CS(=O)(=O)Nc1cc([C@H](O)CNCCOc2ccc(-c3cnc(-c4ccncc4)[nH]3)cc2)ccc1Cl. The molecule has 0 fully saturated rings. The highest BCUT2D eigenvalue weighted by Crippen LogP contribution is 2.27. The predicted octanol–water partition coefficient (Wildman–Crippen LogP) is 3.87. The number of aromatic nitrogens is 3. The number of pyridine rings is 1. The fourth-order valence-corrected chi connectivity index (χ4v) is 4.27. The van der Waals surface area contributed by atoms with Gasteiger partial charge in [0.05, 0.1) is 35.0 Å². The number of nitrogens with one attached hydrogen (secondary N) is 3. The van der Waals surface area contributed by atoms with Crippen LogP contribution in [0.3, 0.4) is 0 Å². The molecule has 11 heteroatoms. The molecule has 1 atom stereocenters. The van der Waals surface area contributed by atoms with E-state index in [1.807, 2.05) is 36.4 Å². The van der Waals surface area contributed by atoms with E-state index in [1.54, 1.807) is 30.7 Å². The summed E-state index contributed by atoms with van der Waals surface area (Å²) >= 11 is 6.03. The van der Waals surface area contributed by atoms with Gasteiger partial charge in [-0.05, 0) is 59.7 Å². The van der Waals surface area contributed by atoms with Gasteiger partial charge in [0.1, 0.15) is 18.2 Å². The van der Waals surface area contributed by atoms with Crippen molar-refractivity contribution in [2.24, 2.45) is 0 Å². The second-order valence-electron chi connectivity index (χ2n) is 8.09. The highest BCUT2D eigenvalue weighted by Gasteiger charge is 2.12. The maximum atomic E-state index is 11.5. The second-order valence-corrected chi connectivity index (χ2v) is 10.2. The summed E-state index contributed by atoms with van der Waals surface area (Å²) in [6, 6.07) is 16.2. The van der Waals surface area contributed by atoms with Crippen molar-refractivity contribution in [3.05, 3.63) is 83.8 Å². The summed E-state index contributed by atoms with van der Waals surface area (Å²) < 4.78 is 31.1. The number of aromatic amines is 1. The van der Waals surface area contributed by atoms with Crippen LogP contribution >= 0.6 is 11.6 Å². The summed E-state index contributed by atoms with van der Waals surface area (Å²) in [5.41, 5.74) is 3.63. The Hall–Kier alpha value is -3.44. The van der Waals surface area contributed by atoms with E-state index in [0.29, 0.717) is 18.7 Å². The number of benzene rings is 2. The minimum absolute atomic E-state index is 0.228. The van der Waals surface area contributed by atoms with Gasteiger partial charge in [0, 0.05) is 31.0 Å². The second kappa shape index (κ2) is 11.5. The third-order valence-electron chi connectivity index (χ3n) is 5.25. The van der Waals surface area contributed by atoms with Crippen LogP contribution in [-0.2, 0) is 10.0 Å². The molecule has 0 saturated carbocycles. The Morgan fingerprint density at radius 2 is 1.83 bits per heavy atom. The number of halogens is 1. The van der Waals surface area contributed by atoms with Gasteiger partial charge in [0.2, 0.25) is 10.0 Å². The molecule has 4 rings (SSSR count). The molecule has 0 spiro atoms. The van der Waals surface area contributed by atoms with Crippen molar-refractivity contribution in [3.63, 3.8) is 0 Å². The summed E-state index contributed by atoms with van der Waals surface area (Å²) in [6.07, 6.45) is 5.45. The molecule has 2 aromatic heterocycles. The van der Waals surface area contributed by atoms with E-state index < -0.39 is 16.1 Å². The number of hydrogen-bond acceptors (Lipinski definition) is 7. The minimum Gasteiger partial charge on any atom is -0.492 e. The molecule has 9 nitrogen and oxygen atoms in total. The number of aliphatic hydroxyl groups is 1. The molecule has 188 valence electrons. The number of H-pyrrole nitrogens is 1. The number of imidazole rings is 1. The zero-order valence-corrected chi connectivity index (χ0v) is 21.1. The van der Waals surface area contributed by atoms with E-state index in [2.05, 4.69) is 25.0 Å². The van der Waals surface area contributed by atoms with Gasteiger partial charge in [-0.2, -0.15) is 0 Å². The molecule has 2 heterocycles. The highest BCUT2D eigenvalue weighted by atomic mass is 35.5. The van der Waals surface area contributed by atoms with Crippen molar-refractivity contribution in [3.8, 4) is 28.4 Å². The Bertz CT molecular complexity index is 1400. The first-order chi connectivity index (χ1) is 17.3. The summed E-state index contributed by atoms with van der Waals surface area (Å²) in [7, 11) is -3.48. The smallest absolute Gasteiger partial charge is 0.229 e. The number of aliphatic hydroxyl groups excluding tert-OH is 1. The van der Waals surface area contributed by atoms with Crippen LogP contribution in [-0.4, -0.2) is 54.4 Å². The van der Waals surface area contributed by atoms with E-state index >= 15 is 0 Å². The van der Waals surface area contributed by atoms with Crippen molar-refractivity contribution < 1.29 is 18.3 Å². The van der Waals surface area contributed by atoms with Crippen LogP contribution < -0.4 is 14.8 Å². The Morgan fingerprint density at radius 1 is 1.08 bits per heavy atom. The number of anilines is 1. The molecule has 0 aliphatic heterocycles. The van der Waals surface area contributed by atoms with Crippen LogP contribution in [0.4, 0.5) is 5.69 Å². The first kappa shape index (κ1) is 25.6. The first-order valence-electron chi connectivity index (χ1n) is 11.1. The van der Waals surface area contributed by atoms with Gasteiger partial charge >= 0.3 is 0 Å². The Morgan fingerprint density at radius 3 is 2.56 bits per heavy atom. The van der Waals surface area contributed by atoms with Crippen molar-refractivity contribution in [2.45, 2.75) is 6.10 Å². The average molecular weight is 528 g/mol. The van der Waals surface area contributed by atoms with Gasteiger partial charge in [0.25, 0.3) is 0 Å². The maximum Gasteiger partial charge on any atom is 0.229 e. The van der Waals surface area contributed by atoms with Crippen LogP contribution in [0.1, 0.15) is 11.7 Å². The van der Waals surface area contributed by atoms with E-state index in [0.717, 1.165) is 34.7 Å². The van der Waals surface area contributed by atoms with Gasteiger partial charge in [-0.1, -0.05) is 17.7 Å². The molecule has 2 aromatic carbocycles. The molecule has 0 aliphatic rings. The van der Waals surface area contributed by atoms with Crippen LogP contribution in [0.2, 0.25) is 5.02 Å². The van der Waals surface area contributed by atoms with Gasteiger partial charge < -0.3 is 20.1 Å². The molecule has 0 aliphatic carbocycles. The number of ether oxygens (including phenoxy) is 1. The molecule has 36 heavy (non-hydrogen) atoms. The van der Waals surface area contributed by atoms with Crippen LogP contribution in [0, 0.1) is 0 Å². The van der Waals surface area contributed by atoms with Crippen molar-refractivity contribution in [1.29, 1.82) is 0 Å². The third-order valence-corrected chi connectivity index (χ3v) is 6.17. The zero-order chi connectivity index (χ0) is 25.5. The van der Waals surface area contributed by atoms with E-state index in [1.165, 1.54) is 6.07 Å². The van der Waals surface area contributed by atoms with Crippen LogP contribution in [0.5, 0.6) is 5.75 Å². The number of hydrogen-bond donors (Lipinski definition) is 4. The largest absolute Gasteiger partial charge is 0.492 e. The lowest BCUT2D eigenvalue weighted by atomic mass is 10.1. The molecule has 0 saturated heterocycles. The van der Waals surface area contributed by atoms with Crippen LogP contribution in [0.15, 0.2) is 73.2 Å². The highest BCUT2D eigenvalue weighted by molar-refractivity contribution is 7.92. The van der Waals surface area contributed by atoms with Crippen molar-refractivity contribution in [2.75, 3.05) is 30.7 Å². The summed E-state index contributed by atoms with van der Waals surface area (Å²) in [5, 5.41) is 13.8. The fourth-order valence-electron chi connectivity index (χ4n) is 3.48. The van der Waals surface area contributed by atoms with Gasteiger partial charge in [0.15, 0.2) is 0 Å². The quantitative estimate of drug-likeness (QED) is 0.218. The third kappa shape index (κ3) is 7.05. The Balaban J connectivity index is 1.23. The fraction of sp³-hybridized carbons (Fsp3) is 0.200. The van der Waals surface area contributed by atoms with E-state index in [9.17, 15) is 13.5 Å². The van der Waals surface area contributed by atoms with Gasteiger partial charge in [-0.25, -0.2) is 13.4 Å². The molecular weight excluding hydrogens is 502 g/mol. The van der Waals surface area contributed by atoms with Crippen molar-refractivity contribution >= 4 is 27.3 Å². The summed E-state index contributed by atoms with van der Waals surface area (Å²) in [5.74, 6) is 1.51. The predicted molar refractivity (Wildman–Crippen MR) is 140 cm³/mol. The number of sulfonamides is 1. The average Bonchev–Trinajstić information content (AvgIpc) is 3.36. The molecule has 0 bridgehead atoms. The normalized spacial score (nSPS) is 12.3. The van der Waals surface area contributed by atoms with E-state index in [-0.39, 0.29) is 17.3 Å². The summed E-state index contributed by atoms with van der Waals surface area (Å²) in [6.45, 7) is 1.18. The molecule has 0 amide bonds. The molecule has 0 unspecified atom stereocenters. The van der Waals surface area contributed by atoms with E-state index in [4.69, 9.17) is 16.3 Å². The maximum absolute atomic E-state index is 11.5. The first-order valence-corrected chi connectivity index (χ1v) is 13.4. The monoisotopic (exact) mass is 527 g/mol. The minimum atomic E-state index is -3.48. The standard InChI is InChI=1S/C25H26ClN5O4S/c1-36(33,34)31-22-14-19(4-7-21(22)26)24(32)16-28-12-13-35-20-5-2-17(3-6-20)23-15-29-25(30-23)18-8-10-27-11-9-18/h2-11,14-15,24,28,31-32H,12-13,16H2,1H3,(H,29,30)/t24-/m1/s1. The van der Waals surface area contributed by atoms with Gasteiger partial charge in [-0.3, -0.25) is 9.71 Å². The lowest BCUT2D eigenvalue weighted by Gasteiger charge is -2.15. The number of nitrogens with zero attached hydrogens (tertiary/aromatic N) is 2. The Labute approximate surface area is 214 Å². The topological polar surface area (TPSA) is 129 Å². The lowest BCUT2D eigenvalue weighted by molar-refractivity contribution is 0.172. The van der Waals surface area contributed by atoms with Crippen molar-refractivity contribution in [1.82, 2.24) is 20.3 Å². The Kier molecular flexibility index (Phi) is 8.21. The molecular formula is C25H26ClN5O4S. The summed E-state index contributed by atoms with van der Waals surface area (Å²) in [4.78, 5) is 11.8. The molecule has 0 radical (unpaired) electrons. The van der Waals surface area contributed by atoms with Crippen LogP contribution in [0.25, 0.3) is 22.6 Å². The zero-order valence-electron chi connectivity index (χ0n) is 19.5. The molecule has 4 aromatic rings. The molecule has 4 N–H and O–H groups in total. The number of rotatable bonds is 11. The van der Waals surface area contributed by atoms with Gasteiger partial charge in [-0.15, -0.1) is 0 Å². The lowest BCUT2D eigenvalue weighted by Crippen LogP contribution is -2.26.